The van der Waals surface area contributed by atoms with E-state index in [-0.39, 0.29) is 0 Å². The summed E-state index contributed by atoms with van der Waals surface area (Å²) in [5.74, 6) is 0. The van der Waals surface area contributed by atoms with Gasteiger partial charge in [0.2, 0.25) is 0 Å². The predicted octanol–water partition coefficient (Wildman–Crippen LogP) is 3.82. The molecule has 1 heterocycles. The number of hydrogen-bond acceptors (Lipinski definition) is 3. The highest BCUT2D eigenvalue weighted by Crippen LogP contribution is 2.21. The second-order valence-corrected chi connectivity index (χ2v) is 5.50. The molecule has 116 valence electrons. The van der Waals surface area contributed by atoms with Crippen LogP contribution in [0.15, 0.2) is 85.2 Å². The zero-order valence-corrected chi connectivity index (χ0v) is 12.9. The summed E-state index contributed by atoms with van der Waals surface area (Å²) in [4.78, 5) is 6.20. The number of nitrogens with zero attached hydrogens (tertiary/aromatic N) is 2. The van der Waals surface area contributed by atoms with Crippen LogP contribution in [0, 0.1) is 0 Å². The molecule has 2 aromatic carbocycles. The van der Waals surface area contributed by atoms with Gasteiger partial charge in [-0.05, 0) is 35.4 Å². The summed E-state index contributed by atoms with van der Waals surface area (Å²) < 4.78 is 0. The van der Waals surface area contributed by atoms with Gasteiger partial charge in [-0.1, -0.05) is 48.5 Å². The van der Waals surface area contributed by atoms with Crippen LogP contribution in [0.4, 0.5) is 5.69 Å². The Morgan fingerprint density at radius 1 is 0.826 bits per heavy atom. The molecule has 1 unspecified atom stereocenters. The third-order valence-electron chi connectivity index (χ3n) is 3.82. The number of anilines is 1. The Morgan fingerprint density at radius 2 is 1.43 bits per heavy atom. The number of para-hydroxylation sites is 1. The first-order valence-corrected chi connectivity index (χ1v) is 7.75. The maximum Gasteiger partial charge on any atom is 0.0966 e. The van der Waals surface area contributed by atoms with E-state index in [2.05, 4.69) is 34.1 Å². The maximum absolute atomic E-state index is 10.6. The van der Waals surface area contributed by atoms with Gasteiger partial charge in [-0.25, -0.2) is 0 Å². The quantitative estimate of drug-likeness (QED) is 0.752. The molecule has 3 aromatic rings. The van der Waals surface area contributed by atoms with Crippen LogP contribution in [0.3, 0.4) is 0 Å². The van der Waals surface area contributed by atoms with Crippen molar-refractivity contribution in [1.29, 1.82) is 0 Å². The van der Waals surface area contributed by atoms with Crippen molar-refractivity contribution in [2.24, 2.45) is 0 Å². The molecule has 0 fully saturated rings. The van der Waals surface area contributed by atoms with E-state index in [1.807, 2.05) is 48.5 Å². The van der Waals surface area contributed by atoms with Crippen molar-refractivity contribution in [2.45, 2.75) is 12.6 Å². The summed E-state index contributed by atoms with van der Waals surface area (Å²) in [7, 11) is 0. The molecule has 3 rings (SSSR count). The minimum absolute atomic E-state index is 0.531. The molecule has 0 aliphatic carbocycles. The second kappa shape index (κ2) is 7.56. The van der Waals surface area contributed by atoms with E-state index >= 15 is 0 Å². The molecular weight excluding hydrogens is 284 g/mol. The molecule has 0 amide bonds. The number of aliphatic hydroxyl groups excluding tert-OH is 1. The van der Waals surface area contributed by atoms with Gasteiger partial charge in [0, 0.05) is 31.2 Å². The summed E-state index contributed by atoms with van der Waals surface area (Å²) in [6, 6.07) is 24.2. The number of aromatic nitrogens is 1. The molecule has 0 aliphatic rings. The minimum atomic E-state index is -0.554. The number of aliphatic hydroxyl groups is 1. The first-order chi connectivity index (χ1) is 11.3. The van der Waals surface area contributed by atoms with Gasteiger partial charge in [0.1, 0.15) is 0 Å². The van der Waals surface area contributed by atoms with Crippen molar-refractivity contribution in [3.63, 3.8) is 0 Å². The number of benzene rings is 2. The van der Waals surface area contributed by atoms with E-state index in [4.69, 9.17) is 0 Å². The number of pyridine rings is 1. The average molecular weight is 304 g/mol. The van der Waals surface area contributed by atoms with Crippen LogP contribution >= 0.6 is 0 Å². The van der Waals surface area contributed by atoms with Crippen molar-refractivity contribution in [3.8, 4) is 0 Å². The van der Waals surface area contributed by atoms with Crippen molar-refractivity contribution in [2.75, 3.05) is 11.4 Å². The van der Waals surface area contributed by atoms with Crippen molar-refractivity contribution < 1.29 is 5.11 Å². The Hall–Kier alpha value is -2.65. The fraction of sp³-hybridized carbons (Fsp3) is 0.150. The van der Waals surface area contributed by atoms with Gasteiger partial charge in [-0.2, -0.15) is 0 Å². The molecule has 1 atom stereocenters. The summed E-state index contributed by atoms with van der Waals surface area (Å²) in [6.45, 7) is 1.29. The fourth-order valence-corrected chi connectivity index (χ4v) is 2.60. The smallest absolute Gasteiger partial charge is 0.0966 e. The lowest BCUT2D eigenvalue weighted by Gasteiger charge is -2.27. The molecule has 3 heteroatoms. The molecule has 0 bridgehead atoms. The first kappa shape index (κ1) is 15.3. The molecule has 23 heavy (non-hydrogen) atoms. The standard InChI is InChI=1S/C20H20N2O/c23-20(18-11-13-21-14-12-18)16-22(19-9-5-2-6-10-19)15-17-7-3-1-4-8-17/h1-14,20,23H,15-16H2. The van der Waals surface area contributed by atoms with Gasteiger partial charge < -0.3 is 10.0 Å². The fourth-order valence-electron chi connectivity index (χ4n) is 2.60. The highest BCUT2D eigenvalue weighted by atomic mass is 16.3. The van der Waals surface area contributed by atoms with Crippen LogP contribution in [0.2, 0.25) is 0 Å². The number of rotatable bonds is 6. The summed E-state index contributed by atoms with van der Waals surface area (Å²) in [5, 5.41) is 10.6. The van der Waals surface area contributed by atoms with Crippen molar-refractivity contribution >= 4 is 5.69 Å². The van der Waals surface area contributed by atoms with Gasteiger partial charge in [0.15, 0.2) is 0 Å². The van der Waals surface area contributed by atoms with Crippen LogP contribution < -0.4 is 4.90 Å². The number of hydrogen-bond donors (Lipinski definition) is 1. The van der Waals surface area contributed by atoms with E-state index < -0.39 is 6.10 Å². The van der Waals surface area contributed by atoms with Gasteiger partial charge in [-0.15, -0.1) is 0 Å². The highest BCUT2D eigenvalue weighted by molar-refractivity contribution is 5.47. The summed E-state index contributed by atoms with van der Waals surface area (Å²) >= 11 is 0. The topological polar surface area (TPSA) is 36.4 Å². The van der Waals surface area contributed by atoms with Gasteiger partial charge in [0.25, 0.3) is 0 Å². The summed E-state index contributed by atoms with van der Waals surface area (Å²) in [6.07, 6.45) is 2.87. The average Bonchev–Trinajstić information content (AvgIpc) is 2.63. The zero-order chi connectivity index (χ0) is 15.9. The lowest BCUT2D eigenvalue weighted by Crippen LogP contribution is -2.28. The van der Waals surface area contributed by atoms with Gasteiger partial charge >= 0.3 is 0 Å². The SMILES string of the molecule is OC(CN(Cc1ccccc1)c1ccccc1)c1ccncc1. The summed E-state index contributed by atoms with van der Waals surface area (Å²) in [5.41, 5.74) is 3.21. The Bertz CT molecular complexity index is 701. The normalized spacial score (nSPS) is 11.9. The van der Waals surface area contributed by atoms with Crippen LogP contribution in [-0.2, 0) is 6.54 Å². The highest BCUT2D eigenvalue weighted by Gasteiger charge is 2.14. The van der Waals surface area contributed by atoms with E-state index in [1.54, 1.807) is 12.4 Å². The molecule has 1 aromatic heterocycles. The zero-order valence-electron chi connectivity index (χ0n) is 12.9. The van der Waals surface area contributed by atoms with Crippen LogP contribution in [0.25, 0.3) is 0 Å². The van der Waals surface area contributed by atoms with Gasteiger partial charge in [0.05, 0.1) is 6.10 Å². The largest absolute Gasteiger partial charge is 0.387 e. The van der Waals surface area contributed by atoms with E-state index in [0.717, 1.165) is 17.8 Å². The Kier molecular flexibility index (Phi) is 5.02. The first-order valence-electron chi connectivity index (χ1n) is 7.75. The monoisotopic (exact) mass is 304 g/mol. The molecule has 1 N–H and O–H groups in total. The molecule has 0 spiro atoms. The molecule has 0 aliphatic heterocycles. The van der Waals surface area contributed by atoms with Gasteiger partial charge in [-0.3, -0.25) is 4.98 Å². The predicted molar refractivity (Wildman–Crippen MR) is 93.1 cm³/mol. The second-order valence-electron chi connectivity index (χ2n) is 5.50. The molecule has 0 radical (unpaired) electrons. The van der Waals surface area contributed by atoms with Crippen molar-refractivity contribution in [3.05, 3.63) is 96.3 Å². The van der Waals surface area contributed by atoms with Crippen LogP contribution in [-0.4, -0.2) is 16.6 Å². The van der Waals surface area contributed by atoms with Crippen molar-refractivity contribution in [1.82, 2.24) is 4.98 Å². The molecule has 3 nitrogen and oxygen atoms in total. The lowest BCUT2D eigenvalue weighted by molar-refractivity contribution is 0.183. The van der Waals surface area contributed by atoms with E-state index in [1.165, 1.54) is 5.56 Å². The van der Waals surface area contributed by atoms with Crippen LogP contribution in [0.5, 0.6) is 0 Å². The lowest BCUT2D eigenvalue weighted by atomic mass is 10.1. The molecular formula is C20H20N2O. The molecule has 0 saturated carbocycles. The maximum atomic E-state index is 10.6. The van der Waals surface area contributed by atoms with E-state index in [0.29, 0.717) is 6.54 Å². The third kappa shape index (κ3) is 4.18. The third-order valence-corrected chi connectivity index (χ3v) is 3.82. The Labute approximate surface area is 136 Å². The Morgan fingerprint density at radius 3 is 2.09 bits per heavy atom. The van der Waals surface area contributed by atoms with E-state index in [9.17, 15) is 5.11 Å². The Balaban J connectivity index is 1.81. The minimum Gasteiger partial charge on any atom is -0.387 e. The molecule has 0 saturated heterocycles. The van der Waals surface area contributed by atoms with Crippen LogP contribution in [0.1, 0.15) is 17.2 Å².